The molecule has 47 heavy (non-hydrogen) atoms. The molecule has 0 bridgehead atoms. The van der Waals surface area contributed by atoms with Crippen molar-refractivity contribution in [3.8, 4) is 17.2 Å². The van der Waals surface area contributed by atoms with Crippen LogP contribution in [-0.4, -0.2) is 30.1 Å². The van der Waals surface area contributed by atoms with Gasteiger partial charge in [-0.25, -0.2) is 0 Å². The number of ether oxygens (including phenoxy) is 2. The molecule has 0 aromatic heterocycles. The first-order valence-electron chi connectivity index (χ1n) is 14.9. The zero-order valence-electron chi connectivity index (χ0n) is 25.6. The Balaban J connectivity index is 1.22. The highest BCUT2D eigenvalue weighted by Crippen LogP contribution is 2.25. The predicted molar refractivity (Wildman–Crippen MR) is 187 cm³/mol. The molecule has 0 aliphatic rings. The Morgan fingerprint density at radius 3 is 2.13 bits per heavy atom. The van der Waals surface area contributed by atoms with Gasteiger partial charge in [-0.2, -0.15) is 0 Å². The van der Waals surface area contributed by atoms with Crippen LogP contribution >= 0.6 is 11.8 Å². The maximum Gasteiger partial charge on any atom is 0.272 e. The SMILES string of the molecule is CCOc1ccccc1/C=C(/NC(=O)c1ccccc1)C(=O)Nc1cccc(SCC(=O)Nc2ccc(Oc3ccccc3)cc2)c1. The Morgan fingerprint density at radius 2 is 1.38 bits per heavy atom. The lowest BCUT2D eigenvalue weighted by molar-refractivity contribution is -0.114. The second-order valence-corrected chi connectivity index (χ2v) is 11.2. The number of carbonyl (C=O) groups is 3. The molecule has 3 N–H and O–H groups in total. The molecule has 5 rings (SSSR count). The standard InChI is InChI=1S/C38H33N3O5S/c1-2-45-35-19-10-9-14-28(35)24-34(41-37(43)27-12-5-3-6-13-27)38(44)40-30-15-11-18-33(25-30)47-26-36(42)39-29-20-22-32(23-21-29)46-31-16-7-4-8-17-31/h3-25H,2,26H2,1H3,(H,39,42)(H,40,44)(H,41,43)/b34-24+. The Labute approximate surface area is 277 Å². The average molecular weight is 644 g/mol. The lowest BCUT2D eigenvalue weighted by Crippen LogP contribution is -2.30. The number of thioether (sulfide) groups is 1. The number of hydrogen-bond acceptors (Lipinski definition) is 6. The second kappa shape index (κ2) is 16.5. The van der Waals surface area contributed by atoms with E-state index >= 15 is 0 Å². The molecule has 3 amide bonds. The Hall–Kier alpha value is -5.80. The van der Waals surface area contributed by atoms with Crippen LogP contribution < -0.4 is 25.4 Å². The summed E-state index contributed by atoms with van der Waals surface area (Å²) in [4.78, 5) is 40.0. The van der Waals surface area contributed by atoms with Crippen molar-refractivity contribution in [1.82, 2.24) is 5.32 Å². The summed E-state index contributed by atoms with van der Waals surface area (Å²) in [5.74, 6) is 1.03. The maximum atomic E-state index is 13.5. The lowest BCUT2D eigenvalue weighted by atomic mass is 10.1. The molecule has 0 radical (unpaired) electrons. The van der Waals surface area contributed by atoms with E-state index in [4.69, 9.17) is 9.47 Å². The normalized spacial score (nSPS) is 10.9. The van der Waals surface area contributed by atoms with Gasteiger partial charge < -0.3 is 25.4 Å². The van der Waals surface area contributed by atoms with Gasteiger partial charge in [-0.05, 0) is 85.8 Å². The highest BCUT2D eigenvalue weighted by molar-refractivity contribution is 8.00. The molecule has 8 nitrogen and oxygen atoms in total. The molecule has 236 valence electrons. The van der Waals surface area contributed by atoms with Crippen LogP contribution in [0.5, 0.6) is 17.2 Å². The first kappa shape index (κ1) is 32.6. The summed E-state index contributed by atoms with van der Waals surface area (Å²) in [6.07, 6.45) is 1.59. The topological polar surface area (TPSA) is 106 Å². The van der Waals surface area contributed by atoms with E-state index in [-0.39, 0.29) is 17.4 Å². The minimum absolute atomic E-state index is 0.0450. The highest BCUT2D eigenvalue weighted by Gasteiger charge is 2.16. The maximum absolute atomic E-state index is 13.5. The van der Waals surface area contributed by atoms with Gasteiger partial charge in [0.25, 0.3) is 11.8 Å². The predicted octanol–water partition coefficient (Wildman–Crippen LogP) is 8.02. The number of rotatable bonds is 13. The zero-order chi connectivity index (χ0) is 32.8. The number of hydrogen-bond donors (Lipinski definition) is 3. The van der Waals surface area contributed by atoms with E-state index < -0.39 is 11.8 Å². The van der Waals surface area contributed by atoms with Gasteiger partial charge in [-0.1, -0.05) is 60.7 Å². The van der Waals surface area contributed by atoms with Gasteiger partial charge in [0, 0.05) is 27.4 Å². The van der Waals surface area contributed by atoms with Crippen molar-refractivity contribution in [2.75, 3.05) is 23.0 Å². The molecule has 0 saturated carbocycles. The van der Waals surface area contributed by atoms with Gasteiger partial charge in [0.05, 0.1) is 12.4 Å². The second-order valence-electron chi connectivity index (χ2n) is 10.1. The van der Waals surface area contributed by atoms with E-state index in [2.05, 4.69) is 16.0 Å². The molecule has 0 heterocycles. The van der Waals surface area contributed by atoms with E-state index in [1.54, 1.807) is 78.9 Å². The van der Waals surface area contributed by atoms with Gasteiger partial charge >= 0.3 is 0 Å². The van der Waals surface area contributed by atoms with Gasteiger partial charge in [-0.15, -0.1) is 11.8 Å². The molecular formula is C38H33N3O5S. The summed E-state index contributed by atoms with van der Waals surface area (Å²) in [7, 11) is 0. The fraction of sp³-hybridized carbons (Fsp3) is 0.0789. The monoisotopic (exact) mass is 643 g/mol. The van der Waals surface area contributed by atoms with Crippen molar-refractivity contribution < 1.29 is 23.9 Å². The van der Waals surface area contributed by atoms with Crippen molar-refractivity contribution in [2.45, 2.75) is 11.8 Å². The first-order valence-corrected chi connectivity index (χ1v) is 15.9. The van der Waals surface area contributed by atoms with Crippen molar-refractivity contribution in [3.05, 3.63) is 150 Å². The van der Waals surface area contributed by atoms with E-state index in [0.717, 1.165) is 10.6 Å². The van der Waals surface area contributed by atoms with Crippen molar-refractivity contribution in [1.29, 1.82) is 0 Å². The third-order valence-corrected chi connectivity index (χ3v) is 7.62. The quantitative estimate of drug-likeness (QED) is 0.0887. The summed E-state index contributed by atoms with van der Waals surface area (Å²) in [5, 5.41) is 8.52. The fourth-order valence-electron chi connectivity index (χ4n) is 4.42. The van der Waals surface area contributed by atoms with Crippen molar-refractivity contribution >= 4 is 46.9 Å². The first-order chi connectivity index (χ1) is 23.0. The molecule has 0 aliphatic carbocycles. The smallest absolute Gasteiger partial charge is 0.272 e. The van der Waals surface area contributed by atoms with Crippen LogP contribution in [0.25, 0.3) is 6.08 Å². The minimum Gasteiger partial charge on any atom is -0.493 e. The Kier molecular flexibility index (Phi) is 11.4. The largest absolute Gasteiger partial charge is 0.493 e. The number of anilines is 2. The van der Waals surface area contributed by atoms with Crippen LogP contribution in [0.3, 0.4) is 0 Å². The number of nitrogens with one attached hydrogen (secondary N) is 3. The van der Waals surface area contributed by atoms with Gasteiger partial charge in [0.1, 0.15) is 22.9 Å². The molecule has 0 saturated heterocycles. The van der Waals surface area contributed by atoms with Gasteiger partial charge in [-0.3, -0.25) is 14.4 Å². The Bertz CT molecular complexity index is 1850. The third-order valence-electron chi connectivity index (χ3n) is 6.63. The lowest BCUT2D eigenvalue weighted by Gasteiger charge is -2.13. The van der Waals surface area contributed by atoms with E-state index in [1.165, 1.54) is 11.8 Å². The molecule has 5 aromatic carbocycles. The van der Waals surface area contributed by atoms with E-state index in [0.29, 0.717) is 40.6 Å². The molecule has 0 spiro atoms. The van der Waals surface area contributed by atoms with Crippen LogP contribution in [0.2, 0.25) is 0 Å². The fourth-order valence-corrected chi connectivity index (χ4v) is 5.18. The van der Waals surface area contributed by atoms with Crippen molar-refractivity contribution in [2.24, 2.45) is 0 Å². The molecule has 0 fully saturated rings. The number of benzene rings is 5. The summed E-state index contributed by atoms with van der Waals surface area (Å²) < 4.78 is 11.5. The summed E-state index contributed by atoms with van der Waals surface area (Å²) in [5.41, 5.74) is 2.26. The number of para-hydroxylation sites is 2. The number of amides is 3. The van der Waals surface area contributed by atoms with Crippen LogP contribution in [0, 0.1) is 0 Å². The van der Waals surface area contributed by atoms with Crippen LogP contribution in [0.15, 0.2) is 144 Å². The van der Waals surface area contributed by atoms with Crippen LogP contribution in [-0.2, 0) is 9.59 Å². The van der Waals surface area contributed by atoms with E-state index in [1.807, 2.05) is 67.6 Å². The van der Waals surface area contributed by atoms with Gasteiger partial charge in [0.2, 0.25) is 5.91 Å². The molecular weight excluding hydrogens is 611 g/mol. The van der Waals surface area contributed by atoms with Gasteiger partial charge in [0.15, 0.2) is 0 Å². The average Bonchev–Trinajstić information content (AvgIpc) is 3.10. The third kappa shape index (κ3) is 9.84. The van der Waals surface area contributed by atoms with E-state index in [9.17, 15) is 14.4 Å². The molecule has 0 atom stereocenters. The molecule has 5 aromatic rings. The van der Waals surface area contributed by atoms with Crippen molar-refractivity contribution in [3.63, 3.8) is 0 Å². The van der Waals surface area contributed by atoms with Crippen LogP contribution in [0.1, 0.15) is 22.8 Å². The summed E-state index contributed by atoms with van der Waals surface area (Å²) in [6.45, 7) is 2.32. The molecule has 0 aliphatic heterocycles. The van der Waals surface area contributed by atoms with Crippen LogP contribution in [0.4, 0.5) is 11.4 Å². The molecule has 9 heteroatoms. The Morgan fingerprint density at radius 1 is 0.702 bits per heavy atom. The number of carbonyl (C=O) groups excluding carboxylic acids is 3. The zero-order valence-corrected chi connectivity index (χ0v) is 26.5. The summed E-state index contributed by atoms with van der Waals surface area (Å²) >= 11 is 1.33. The highest BCUT2D eigenvalue weighted by atomic mass is 32.2. The summed E-state index contributed by atoms with van der Waals surface area (Å²) in [6, 6.07) is 39.7. The minimum atomic E-state index is -0.514. The molecule has 0 unspecified atom stereocenters.